The molecule has 84 valence electrons. The van der Waals surface area contributed by atoms with Crippen molar-refractivity contribution < 1.29 is 8.91 Å². The van der Waals surface area contributed by atoms with Crippen molar-refractivity contribution in [3.8, 4) is 0 Å². The number of benzene rings is 1. The summed E-state index contributed by atoms with van der Waals surface area (Å²) >= 11 is 3.11. The average Bonchev–Trinajstić information content (AvgIpc) is 2.66. The summed E-state index contributed by atoms with van der Waals surface area (Å²) in [5.41, 5.74) is 0.788. The van der Waals surface area contributed by atoms with Gasteiger partial charge in [0.1, 0.15) is 5.82 Å². The van der Waals surface area contributed by atoms with Gasteiger partial charge in [0.05, 0.1) is 11.0 Å². The zero-order chi connectivity index (χ0) is 11.5. The minimum atomic E-state index is -0.291. The van der Waals surface area contributed by atoms with Crippen molar-refractivity contribution in [2.45, 2.75) is 13.5 Å². The first-order chi connectivity index (χ1) is 7.65. The molecular formula is C10H9BrFN3O. The highest BCUT2D eigenvalue weighted by Gasteiger charge is 2.03. The van der Waals surface area contributed by atoms with E-state index in [0.29, 0.717) is 22.7 Å². The first kappa shape index (κ1) is 11.1. The van der Waals surface area contributed by atoms with Gasteiger partial charge in [0, 0.05) is 12.6 Å². The van der Waals surface area contributed by atoms with Crippen LogP contribution < -0.4 is 5.32 Å². The molecule has 0 fully saturated rings. The third-order valence-electron chi connectivity index (χ3n) is 1.94. The summed E-state index contributed by atoms with van der Waals surface area (Å²) in [7, 11) is 0. The second-order valence-electron chi connectivity index (χ2n) is 3.21. The van der Waals surface area contributed by atoms with Gasteiger partial charge in [-0.1, -0.05) is 5.16 Å². The fraction of sp³-hybridized carbons (Fsp3) is 0.200. The molecule has 0 bridgehead atoms. The average molecular weight is 286 g/mol. The topological polar surface area (TPSA) is 51.0 Å². The molecule has 0 radical (unpaired) electrons. The summed E-state index contributed by atoms with van der Waals surface area (Å²) in [4.78, 5) is 4.04. The van der Waals surface area contributed by atoms with Crippen LogP contribution in [0.3, 0.4) is 0 Å². The van der Waals surface area contributed by atoms with Gasteiger partial charge in [0.25, 0.3) is 0 Å². The zero-order valence-corrected chi connectivity index (χ0v) is 10.1. The minimum absolute atomic E-state index is 0.291. The molecule has 16 heavy (non-hydrogen) atoms. The Balaban J connectivity index is 2.02. The Kier molecular flexibility index (Phi) is 3.19. The second-order valence-corrected chi connectivity index (χ2v) is 4.07. The molecule has 0 unspecified atom stereocenters. The summed E-state index contributed by atoms with van der Waals surface area (Å²) in [5.74, 6) is 0.802. The van der Waals surface area contributed by atoms with Crippen molar-refractivity contribution in [1.29, 1.82) is 0 Å². The van der Waals surface area contributed by atoms with E-state index in [-0.39, 0.29) is 5.82 Å². The number of nitrogens with one attached hydrogen (secondary N) is 1. The number of nitrogens with zero attached hydrogens (tertiary/aromatic N) is 2. The number of aryl methyl sites for hydroxylation is 1. The standard InChI is InChI=1S/C10H9BrFN3O/c1-6-14-10(15-16-6)5-13-7-2-3-9(12)8(11)4-7/h2-4,13H,5H2,1H3. The third-order valence-corrected chi connectivity index (χ3v) is 2.55. The lowest BCUT2D eigenvalue weighted by Crippen LogP contribution is -2.01. The Morgan fingerprint density at radius 2 is 2.31 bits per heavy atom. The summed E-state index contributed by atoms with van der Waals surface area (Å²) in [6, 6.07) is 4.68. The lowest BCUT2D eigenvalue weighted by molar-refractivity contribution is 0.388. The lowest BCUT2D eigenvalue weighted by atomic mass is 10.3. The van der Waals surface area contributed by atoms with Crippen molar-refractivity contribution in [2.75, 3.05) is 5.32 Å². The molecule has 1 N–H and O–H groups in total. The number of rotatable bonds is 3. The zero-order valence-electron chi connectivity index (χ0n) is 8.50. The van der Waals surface area contributed by atoms with Crippen LogP contribution in [0.15, 0.2) is 27.2 Å². The highest BCUT2D eigenvalue weighted by molar-refractivity contribution is 9.10. The molecule has 1 aromatic carbocycles. The molecule has 0 saturated heterocycles. The largest absolute Gasteiger partial charge is 0.378 e. The van der Waals surface area contributed by atoms with E-state index in [1.165, 1.54) is 6.07 Å². The molecule has 2 aromatic rings. The highest BCUT2D eigenvalue weighted by Crippen LogP contribution is 2.20. The maximum absolute atomic E-state index is 13.0. The maximum atomic E-state index is 13.0. The van der Waals surface area contributed by atoms with Crippen LogP contribution in [0.5, 0.6) is 0 Å². The summed E-state index contributed by atoms with van der Waals surface area (Å²) in [6.07, 6.45) is 0. The van der Waals surface area contributed by atoms with E-state index in [0.717, 1.165) is 5.69 Å². The Labute approximate surface area is 100.0 Å². The van der Waals surface area contributed by atoms with Gasteiger partial charge in [0.15, 0.2) is 5.82 Å². The summed E-state index contributed by atoms with van der Waals surface area (Å²) in [6.45, 7) is 2.17. The predicted molar refractivity (Wildman–Crippen MR) is 60.5 cm³/mol. The molecule has 4 nitrogen and oxygen atoms in total. The highest BCUT2D eigenvalue weighted by atomic mass is 79.9. The maximum Gasteiger partial charge on any atom is 0.223 e. The van der Waals surface area contributed by atoms with Crippen LogP contribution in [-0.4, -0.2) is 10.1 Å². The monoisotopic (exact) mass is 285 g/mol. The Bertz CT molecular complexity index is 501. The number of hydrogen-bond acceptors (Lipinski definition) is 4. The van der Waals surface area contributed by atoms with Crippen LogP contribution in [0.25, 0.3) is 0 Å². The number of halogens is 2. The van der Waals surface area contributed by atoms with Crippen LogP contribution >= 0.6 is 15.9 Å². The van der Waals surface area contributed by atoms with Crippen molar-refractivity contribution in [3.05, 3.63) is 40.2 Å². The fourth-order valence-corrected chi connectivity index (χ4v) is 1.58. The summed E-state index contributed by atoms with van der Waals surface area (Å²) < 4.78 is 18.2. The van der Waals surface area contributed by atoms with Crippen LogP contribution in [0, 0.1) is 12.7 Å². The van der Waals surface area contributed by atoms with Crippen molar-refractivity contribution in [3.63, 3.8) is 0 Å². The summed E-state index contributed by atoms with van der Waals surface area (Å²) in [5, 5.41) is 6.80. The molecular weight excluding hydrogens is 277 g/mol. The van der Waals surface area contributed by atoms with Crippen LogP contribution in [-0.2, 0) is 6.54 Å². The molecule has 1 heterocycles. The molecule has 0 atom stereocenters. The van der Waals surface area contributed by atoms with Gasteiger partial charge in [-0.3, -0.25) is 0 Å². The number of aromatic nitrogens is 2. The van der Waals surface area contributed by atoms with Crippen molar-refractivity contribution >= 4 is 21.6 Å². The molecule has 0 aliphatic carbocycles. The SMILES string of the molecule is Cc1nc(CNc2ccc(F)c(Br)c2)no1. The van der Waals surface area contributed by atoms with Crippen LogP contribution in [0.2, 0.25) is 0 Å². The van der Waals surface area contributed by atoms with E-state index < -0.39 is 0 Å². The normalized spacial score (nSPS) is 10.4. The van der Waals surface area contributed by atoms with Gasteiger partial charge >= 0.3 is 0 Å². The molecule has 0 spiro atoms. The van der Waals surface area contributed by atoms with E-state index in [9.17, 15) is 4.39 Å². The quantitative estimate of drug-likeness (QED) is 0.942. The molecule has 0 aliphatic heterocycles. The third kappa shape index (κ3) is 2.57. The van der Waals surface area contributed by atoms with E-state index in [4.69, 9.17) is 4.52 Å². The van der Waals surface area contributed by atoms with E-state index in [1.54, 1.807) is 19.1 Å². The molecule has 0 amide bonds. The van der Waals surface area contributed by atoms with Crippen LogP contribution in [0.1, 0.15) is 11.7 Å². The molecule has 2 rings (SSSR count). The Morgan fingerprint density at radius 3 is 2.94 bits per heavy atom. The fourth-order valence-electron chi connectivity index (χ4n) is 1.20. The van der Waals surface area contributed by atoms with Gasteiger partial charge in [-0.2, -0.15) is 4.98 Å². The number of hydrogen-bond donors (Lipinski definition) is 1. The molecule has 6 heteroatoms. The second kappa shape index (κ2) is 4.61. The minimum Gasteiger partial charge on any atom is -0.378 e. The van der Waals surface area contributed by atoms with Crippen molar-refractivity contribution in [1.82, 2.24) is 10.1 Å². The van der Waals surface area contributed by atoms with Gasteiger partial charge in [-0.05, 0) is 34.1 Å². The predicted octanol–water partition coefficient (Wildman–Crippen LogP) is 2.89. The number of anilines is 1. The Morgan fingerprint density at radius 1 is 1.50 bits per heavy atom. The molecule has 1 aromatic heterocycles. The first-order valence-corrected chi connectivity index (χ1v) is 5.42. The van der Waals surface area contributed by atoms with Gasteiger partial charge in [0.2, 0.25) is 5.89 Å². The Hall–Kier alpha value is -1.43. The molecule has 0 aliphatic rings. The van der Waals surface area contributed by atoms with E-state index in [1.807, 2.05) is 0 Å². The first-order valence-electron chi connectivity index (χ1n) is 4.63. The van der Waals surface area contributed by atoms with Crippen LogP contribution in [0.4, 0.5) is 10.1 Å². The smallest absolute Gasteiger partial charge is 0.223 e. The van der Waals surface area contributed by atoms with E-state index in [2.05, 4.69) is 31.4 Å². The molecule has 0 saturated carbocycles. The lowest BCUT2D eigenvalue weighted by Gasteiger charge is -2.04. The van der Waals surface area contributed by atoms with Gasteiger partial charge in [-0.15, -0.1) is 0 Å². The van der Waals surface area contributed by atoms with Gasteiger partial charge in [-0.25, -0.2) is 4.39 Å². The van der Waals surface area contributed by atoms with E-state index >= 15 is 0 Å². The van der Waals surface area contributed by atoms with Gasteiger partial charge < -0.3 is 9.84 Å². The van der Waals surface area contributed by atoms with Crippen molar-refractivity contribution in [2.24, 2.45) is 0 Å².